The first kappa shape index (κ1) is 12.3. The molecule has 0 atom stereocenters. The van der Waals surface area contributed by atoms with Crippen LogP contribution < -0.4 is 10.1 Å². The number of nitrogens with two attached hydrogens (primary N) is 1. The molecule has 3 heteroatoms. The second-order valence-corrected chi connectivity index (χ2v) is 5.15. The van der Waals surface area contributed by atoms with E-state index >= 15 is 0 Å². The van der Waals surface area contributed by atoms with E-state index in [9.17, 15) is 0 Å². The predicted octanol–water partition coefficient (Wildman–Crippen LogP) is 2.21. The fourth-order valence-electron chi connectivity index (χ4n) is 1.26. The maximum Gasteiger partial charge on any atom is 0.137 e. The molecule has 1 rings (SSSR count). The van der Waals surface area contributed by atoms with E-state index in [1.165, 1.54) is 5.56 Å². The van der Waals surface area contributed by atoms with Gasteiger partial charge in [0.25, 0.3) is 0 Å². The van der Waals surface area contributed by atoms with Gasteiger partial charge in [-0.15, -0.1) is 0 Å². The maximum absolute atomic E-state index is 6.04. The number of halogens is 1. The monoisotopic (exact) mass is 228 g/mol. The number of rotatable bonds is 3. The van der Waals surface area contributed by atoms with Crippen LogP contribution in [0.15, 0.2) is 18.2 Å². The number of benzene rings is 1. The standard InChI is InChI=1S/C12H18ClNO/c1-12(2,3)14-8-9-5-6-11(15-4)10(13)7-9/h5-7,14H,8H2,1-4H3/p+1. The van der Waals surface area contributed by atoms with Crippen LogP contribution in [0.3, 0.4) is 0 Å². The van der Waals surface area contributed by atoms with Crippen molar-refractivity contribution in [3.8, 4) is 5.75 Å². The highest BCUT2D eigenvalue weighted by atomic mass is 35.5. The summed E-state index contributed by atoms with van der Waals surface area (Å²) < 4.78 is 5.10. The normalized spacial score (nSPS) is 11.5. The summed E-state index contributed by atoms with van der Waals surface area (Å²) in [5.74, 6) is 0.733. The fourth-order valence-corrected chi connectivity index (χ4v) is 1.54. The average Bonchev–Trinajstić information content (AvgIpc) is 2.14. The summed E-state index contributed by atoms with van der Waals surface area (Å²) in [6, 6.07) is 5.92. The van der Waals surface area contributed by atoms with Gasteiger partial charge in [-0.05, 0) is 39.0 Å². The molecule has 0 aliphatic rings. The second kappa shape index (κ2) is 4.86. The molecule has 0 radical (unpaired) electrons. The Morgan fingerprint density at radius 2 is 2.00 bits per heavy atom. The Balaban J connectivity index is 2.68. The van der Waals surface area contributed by atoms with Gasteiger partial charge in [0.1, 0.15) is 12.3 Å². The van der Waals surface area contributed by atoms with E-state index in [1.54, 1.807) is 7.11 Å². The molecule has 0 amide bonds. The molecule has 0 heterocycles. The third-order valence-corrected chi connectivity index (χ3v) is 2.46. The number of hydrogen-bond donors (Lipinski definition) is 1. The molecule has 15 heavy (non-hydrogen) atoms. The molecule has 2 nitrogen and oxygen atoms in total. The van der Waals surface area contributed by atoms with Crippen LogP contribution in [0, 0.1) is 0 Å². The van der Waals surface area contributed by atoms with Gasteiger partial charge >= 0.3 is 0 Å². The van der Waals surface area contributed by atoms with Crippen molar-refractivity contribution in [1.82, 2.24) is 0 Å². The van der Waals surface area contributed by atoms with Crippen LogP contribution >= 0.6 is 11.6 Å². The molecule has 0 saturated heterocycles. The highest BCUT2D eigenvalue weighted by molar-refractivity contribution is 6.32. The molecular formula is C12H19ClNO+. The van der Waals surface area contributed by atoms with E-state index in [4.69, 9.17) is 16.3 Å². The summed E-state index contributed by atoms with van der Waals surface area (Å²) in [7, 11) is 1.63. The van der Waals surface area contributed by atoms with Crippen molar-refractivity contribution in [1.29, 1.82) is 0 Å². The zero-order valence-corrected chi connectivity index (χ0v) is 10.6. The lowest BCUT2D eigenvalue weighted by Crippen LogP contribution is -2.92. The lowest BCUT2D eigenvalue weighted by molar-refractivity contribution is -0.731. The Kier molecular flexibility index (Phi) is 4.00. The highest BCUT2D eigenvalue weighted by Crippen LogP contribution is 2.24. The van der Waals surface area contributed by atoms with Gasteiger partial charge in [-0.3, -0.25) is 0 Å². The lowest BCUT2D eigenvalue weighted by atomic mass is 10.1. The van der Waals surface area contributed by atoms with Crippen LogP contribution in [0.1, 0.15) is 26.3 Å². The van der Waals surface area contributed by atoms with Crippen molar-refractivity contribution in [2.75, 3.05) is 7.11 Å². The van der Waals surface area contributed by atoms with Crippen LogP contribution in [-0.4, -0.2) is 12.6 Å². The molecule has 0 aromatic heterocycles. The zero-order valence-electron chi connectivity index (χ0n) is 9.80. The largest absolute Gasteiger partial charge is 0.495 e. The van der Waals surface area contributed by atoms with Gasteiger partial charge in [0.15, 0.2) is 0 Å². The van der Waals surface area contributed by atoms with Crippen LogP contribution in [0.25, 0.3) is 0 Å². The predicted molar refractivity (Wildman–Crippen MR) is 63.4 cm³/mol. The molecule has 0 fully saturated rings. The van der Waals surface area contributed by atoms with Crippen LogP contribution in [0.2, 0.25) is 5.02 Å². The van der Waals surface area contributed by atoms with E-state index < -0.39 is 0 Å². The first-order valence-electron chi connectivity index (χ1n) is 5.09. The minimum absolute atomic E-state index is 0.242. The molecule has 0 aliphatic heterocycles. The summed E-state index contributed by atoms with van der Waals surface area (Å²) >= 11 is 6.04. The van der Waals surface area contributed by atoms with E-state index in [-0.39, 0.29) is 5.54 Å². The molecule has 0 unspecified atom stereocenters. The highest BCUT2D eigenvalue weighted by Gasteiger charge is 2.13. The van der Waals surface area contributed by atoms with E-state index in [0.717, 1.165) is 12.3 Å². The maximum atomic E-state index is 6.04. The first-order valence-corrected chi connectivity index (χ1v) is 5.47. The second-order valence-electron chi connectivity index (χ2n) is 4.74. The quantitative estimate of drug-likeness (QED) is 0.844. The Morgan fingerprint density at radius 1 is 1.33 bits per heavy atom. The number of methoxy groups -OCH3 is 1. The summed E-state index contributed by atoms with van der Waals surface area (Å²) in [5.41, 5.74) is 1.46. The van der Waals surface area contributed by atoms with Gasteiger partial charge in [0, 0.05) is 5.56 Å². The minimum atomic E-state index is 0.242. The zero-order chi connectivity index (χ0) is 11.5. The van der Waals surface area contributed by atoms with Gasteiger partial charge in [-0.25, -0.2) is 0 Å². The van der Waals surface area contributed by atoms with Crippen LogP contribution in [0.5, 0.6) is 5.75 Å². The molecule has 0 aliphatic carbocycles. The molecule has 84 valence electrons. The SMILES string of the molecule is COc1ccc(C[NH2+]C(C)(C)C)cc1Cl. The van der Waals surface area contributed by atoms with Gasteiger partial charge < -0.3 is 10.1 Å². The average molecular weight is 229 g/mol. The molecule has 0 bridgehead atoms. The summed E-state index contributed by atoms with van der Waals surface area (Å²) in [4.78, 5) is 0. The lowest BCUT2D eigenvalue weighted by Gasteiger charge is -2.17. The van der Waals surface area contributed by atoms with Crippen LogP contribution in [-0.2, 0) is 6.54 Å². The smallest absolute Gasteiger partial charge is 0.137 e. The number of quaternary nitrogens is 1. The number of ether oxygens (including phenoxy) is 1. The van der Waals surface area contributed by atoms with Crippen LogP contribution in [0.4, 0.5) is 0 Å². The minimum Gasteiger partial charge on any atom is -0.495 e. The summed E-state index contributed by atoms with van der Waals surface area (Å²) in [6.45, 7) is 7.52. The number of hydrogen-bond acceptors (Lipinski definition) is 1. The Hall–Kier alpha value is -0.730. The third kappa shape index (κ3) is 4.10. The Morgan fingerprint density at radius 3 is 2.47 bits per heavy atom. The molecule has 2 N–H and O–H groups in total. The van der Waals surface area contributed by atoms with Gasteiger partial charge in [-0.2, -0.15) is 0 Å². The van der Waals surface area contributed by atoms with E-state index in [2.05, 4.69) is 26.1 Å². The van der Waals surface area contributed by atoms with Crippen molar-refractivity contribution in [3.63, 3.8) is 0 Å². The fraction of sp³-hybridized carbons (Fsp3) is 0.500. The molecule has 1 aromatic rings. The molecule has 0 saturated carbocycles. The van der Waals surface area contributed by atoms with Gasteiger partial charge in [0.2, 0.25) is 0 Å². The summed E-state index contributed by atoms with van der Waals surface area (Å²) in [5, 5.41) is 2.96. The topological polar surface area (TPSA) is 25.8 Å². The van der Waals surface area contributed by atoms with Crippen molar-refractivity contribution in [2.24, 2.45) is 0 Å². The third-order valence-electron chi connectivity index (χ3n) is 2.17. The van der Waals surface area contributed by atoms with Crippen molar-refractivity contribution >= 4 is 11.6 Å². The van der Waals surface area contributed by atoms with Crippen molar-refractivity contribution < 1.29 is 10.1 Å². The molecular weight excluding hydrogens is 210 g/mol. The van der Waals surface area contributed by atoms with E-state index in [0.29, 0.717) is 5.02 Å². The van der Waals surface area contributed by atoms with Gasteiger partial charge in [-0.1, -0.05) is 11.6 Å². The Labute approximate surface area is 96.6 Å². The first-order chi connectivity index (χ1) is 6.92. The molecule has 0 spiro atoms. The summed E-state index contributed by atoms with van der Waals surface area (Å²) in [6.07, 6.45) is 0. The van der Waals surface area contributed by atoms with Crippen molar-refractivity contribution in [2.45, 2.75) is 32.9 Å². The van der Waals surface area contributed by atoms with E-state index in [1.807, 2.05) is 18.2 Å². The molecule has 1 aromatic carbocycles. The van der Waals surface area contributed by atoms with Crippen molar-refractivity contribution in [3.05, 3.63) is 28.8 Å². The Bertz CT molecular complexity index is 331. The van der Waals surface area contributed by atoms with Gasteiger partial charge in [0.05, 0.1) is 17.7 Å².